The maximum absolute atomic E-state index is 11.4. The van der Waals surface area contributed by atoms with Gasteiger partial charge in [-0.25, -0.2) is 0 Å². The number of hydrogen-bond donors (Lipinski definition) is 1. The van der Waals surface area contributed by atoms with Crippen LogP contribution < -0.4 is 10.1 Å². The molecule has 18 heavy (non-hydrogen) atoms. The summed E-state index contributed by atoms with van der Waals surface area (Å²) in [5, 5.41) is 2.91. The zero-order valence-electron chi connectivity index (χ0n) is 11.0. The van der Waals surface area contributed by atoms with Gasteiger partial charge < -0.3 is 10.1 Å². The van der Waals surface area contributed by atoms with E-state index >= 15 is 0 Å². The van der Waals surface area contributed by atoms with Crippen LogP contribution in [-0.4, -0.2) is 24.0 Å². The van der Waals surface area contributed by atoms with Gasteiger partial charge in [0, 0.05) is 19.2 Å². The largest absolute Gasteiger partial charge is 0.492 e. The number of ether oxygens (including phenoxy) is 1. The maximum atomic E-state index is 11.4. The number of aromatic nitrogens is 1. The van der Waals surface area contributed by atoms with Gasteiger partial charge in [0.25, 0.3) is 0 Å². The summed E-state index contributed by atoms with van der Waals surface area (Å²) < 4.78 is 5.46. The Hall–Kier alpha value is -1.58. The highest BCUT2D eigenvalue weighted by molar-refractivity contribution is 5.75. The standard InChI is InChI=1S/C14H22N2O2/c1-2-3-4-10-16-14(17)8-6-11-18-13-7-5-9-15-12-13/h5,7,9,12H,2-4,6,8,10-11H2,1H3,(H,16,17). The van der Waals surface area contributed by atoms with Crippen molar-refractivity contribution in [2.24, 2.45) is 0 Å². The maximum Gasteiger partial charge on any atom is 0.220 e. The van der Waals surface area contributed by atoms with Crippen LogP contribution in [0.15, 0.2) is 24.5 Å². The van der Waals surface area contributed by atoms with E-state index in [0.29, 0.717) is 13.0 Å². The fraction of sp³-hybridized carbons (Fsp3) is 0.571. The van der Waals surface area contributed by atoms with Crippen LogP contribution >= 0.6 is 0 Å². The van der Waals surface area contributed by atoms with Crippen LogP contribution in [0.5, 0.6) is 5.75 Å². The van der Waals surface area contributed by atoms with Crippen LogP contribution in [0.1, 0.15) is 39.0 Å². The molecule has 4 nitrogen and oxygen atoms in total. The highest BCUT2D eigenvalue weighted by Crippen LogP contribution is 2.06. The summed E-state index contributed by atoms with van der Waals surface area (Å²) in [6.07, 6.45) is 8.04. The van der Waals surface area contributed by atoms with E-state index < -0.39 is 0 Å². The molecule has 0 saturated carbocycles. The lowest BCUT2D eigenvalue weighted by atomic mass is 10.2. The summed E-state index contributed by atoms with van der Waals surface area (Å²) in [6, 6.07) is 3.69. The van der Waals surface area contributed by atoms with Crippen LogP contribution in [-0.2, 0) is 4.79 Å². The number of carbonyl (C=O) groups is 1. The van der Waals surface area contributed by atoms with Gasteiger partial charge in [-0.1, -0.05) is 19.8 Å². The summed E-state index contributed by atoms with van der Waals surface area (Å²) in [4.78, 5) is 15.4. The van der Waals surface area contributed by atoms with Crippen molar-refractivity contribution in [3.05, 3.63) is 24.5 Å². The third-order valence-electron chi connectivity index (χ3n) is 2.55. The third kappa shape index (κ3) is 6.89. The molecule has 0 unspecified atom stereocenters. The zero-order chi connectivity index (χ0) is 13.1. The molecular weight excluding hydrogens is 228 g/mol. The highest BCUT2D eigenvalue weighted by Gasteiger charge is 2.00. The topological polar surface area (TPSA) is 51.2 Å². The fourth-order valence-electron chi connectivity index (χ4n) is 1.55. The van der Waals surface area contributed by atoms with Crippen molar-refractivity contribution in [2.45, 2.75) is 39.0 Å². The van der Waals surface area contributed by atoms with Gasteiger partial charge in [0.15, 0.2) is 0 Å². The molecule has 0 aromatic carbocycles. The predicted molar refractivity (Wildman–Crippen MR) is 71.5 cm³/mol. The molecule has 0 aliphatic carbocycles. The second-order valence-corrected chi connectivity index (χ2v) is 4.20. The van der Waals surface area contributed by atoms with E-state index in [1.54, 1.807) is 12.4 Å². The highest BCUT2D eigenvalue weighted by atomic mass is 16.5. The van der Waals surface area contributed by atoms with E-state index in [0.717, 1.165) is 25.1 Å². The van der Waals surface area contributed by atoms with Crippen molar-refractivity contribution < 1.29 is 9.53 Å². The fourth-order valence-corrected chi connectivity index (χ4v) is 1.55. The van der Waals surface area contributed by atoms with Crippen LogP contribution in [0.25, 0.3) is 0 Å². The van der Waals surface area contributed by atoms with Gasteiger partial charge in [-0.05, 0) is 25.0 Å². The molecule has 0 aliphatic rings. The summed E-state index contributed by atoms with van der Waals surface area (Å²) >= 11 is 0. The lowest BCUT2D eigenvalue weighted by Gasteiger charge is -2.06. The van der Waals surface area contributed by atoms with Crippen molar-refractivity contribution in [3.63, 3.8) is 0 Å². The Bertz CT molecular complexity index is 328. The van der Waals surface area contributed by atoms with Crippen molar-refractivity contribution in [2.75, 3.05) is 13.2 Å². The number of hydrogen-bond acceptors (Lipinski definition) is 3. The summed E-state index contributed by atoms with van der Waals surface area (Å²) in [7, 11) is 0. The Balaban J connectivity index is 1.99. The number of nitrogens with one attached hydrogen (secondary N) is 1. The Morgan fingerprint density at radius 3 is 3.00 bits per heavy atom. The number of pyridine rings is 1. The van der Waals surface area contributed by atoms with Crippen LogP contribution in [0.2, 0.25) is 0 Å². The van der Waals surface area contributed by atoms with Crippen molar-refractivity contribution in [1.82, 2.24) is 10.3 Å². The van der Waals surface area contributed by atoms with E-state index in [4.69, 9.17) is 4.74 Å². The first-order valence-corrected chi connectivity index (χ1v) is 6.62. The minimum Gasteiger partial charge on any atom is -0.492 e. The van der Waals surface area contributed by atoms with E-state index in [9.17, 15) is 4.79 Å². The Labute approximate surface area is 109 Å². The molecule has 0 atom stereocenters. The van der Waals surface area contributed by atoms with Crippen molar-refractivity contribution in [1.29, 1.82) is 0 Å². The van der Waals surface area contributed by atoms with Gasteiger partial charge in [0.1, 0.15) is 5.75 Å². The molecule has 1 N–H and O–H groups in total. The van der Waals surface area contributed by atoms with E-state index in [1.807, 2.05) is 12.1 Å². The monoisotopic (exact) mass is 250 g/mol. The molecule has 0 spiro atoms. The minimum atomic E-state index is 0.112. The Morgan fingerprint density at radius 2 is 2.28 bits per heavy atom. The van der Waals surface area contributed by atoms with Crippen molar-refractivity contribution >= 4 is 5.91 Å². The summed E-state index contributed by atoms with van der Waals surface area (Å²) in [5.74, 6) is 0.863. The van der Waals surface area contributed by atoms with Gasteiger partial charge >= 0.3 is 0 Å². The van der Waals surface area contributed by atoms with Gasteiger partial charge in [0.05, 0.1) is 12.8 Å². The van der Waals surface area contributed by atoms with E-state index in [1.165, 1.54) is 12.8 Å². The number of rotatable bonds is 9. The molecular formula is C14H22N2O2. The van der Waals surface area contributed by atoms with Gasteiger partial charge in [0.2, 0.25) is 5.91 Å². The average Bonchev–Trinajstić information content (AvgIpc) is 2.41. The van der Waals surface area contributed by atoms with Gasteiger partial charge in [-0.2, -0.15) is 0 Å². The lowest BCUT2D eigenvalue weighted by Crippen LogP contribution is -2.24. The molecule has 0 bridgehead atoms. The second kappa shape index (κ2) is 9.45. The summed E-state index contributed by atoms with van der Waals surface area (Å²) in [5.41, 5.74) is 0. The first kappa shape index (κ1) is 14.5. The van der Waals surface area contributed by atoms with E-state index in [-0.39, 0.29) is 5.91 Å². The Kier molecular flexibility index (Phi) is 7.60. The number of nitrogens with zero attached hydrogens (tertiary/aromatic N) is 1. The van der Waals surface area contributed by atoms with E-state index in [2.05, 4.69) is 17.2 Å². The molecule has 100 valence electrons. The van der Waals surface area contributed by atoms with Crippen LogP contribution in [0, 0.1) is 0 Å². The van der Waals surface area contributed by atoms with Gasteiger partial charge in [-0.3, -0.25) is 9.78 Å². The molecule has 0 radical (unpaired) electrons. The first-order chi connectivity index (χ1) is 8.83. The predicted octanol–water partition coefficient (Wildman–Crippen LogP) is 2.55. The minimum absolute atomic E-state index is 0.112. The normalized spacial score (nSPS) is 10.1. The first-order valence-electron chi connectivity index (χ1n) is 6.62. The van der Waals surface area contributed by atoms with Crippen LogP contribution in [0.3, 0.4) is 0 Å². The third-order valence-corrected chi connectivity index (χ3v) is 2.55. The van der Waals surface area contributed by atoms with Crippen molar-refractivity contribution in [3.8, 4) is 5.75 Å². The lowest BCUT2D eigenvalue weighted by molar-refractivity contribution is -0.121. The number of carbonyl (C=O) groups excluding carboxylic acids is 1. The molecule has 1 heterocycles. The number of amides is 1. The number of unbranched alkanes of at least 4 members (excludes halogenated alkanes) is 2. The molecule has 0 saturated heterocycles. The van der Waals surface area contributed by atoms with Gasteiger partial charge in [-0.15, -0.1) is 0 Å². The SMILES string of the molecule is CCCCCNC(=O)CCCOc1cccnc1. The molecule has 4 heteroatoms. The molecule has 1 aromatic rings. The molecule has 1 amide bonds. The smallest absolute Gasteiger partial charge is 0.220 e. The summed E-state index contributed by atoms with van der Waals surface area (Å²) in [6.45, 7) is 3.49. The molecule has 1 rings (SSSR count). The second-order valence-electron chi connectivity index (χ2n) is 4.20. The molecule has 1 aromatic heterocycles. The molecule has 0 fully saturated rings. The zero-order valence-corrected chi connectivity index (χ0v) is 11.0. The quantitative estimate of drug-likeness (QED) is 0.685. The van der Waals surface area contributed by atoms with Crippen LogP contribution in [0.4, 0.5) is 0 Å². The molecule has 0 aliphatic heterocycles. The average molecular weight is 250 g/mol. The Morgan fingerprint density at radius 1 is 1.39 bits per heavy atom.